The normalized spacial score (nSPS) is 18.3. The summed E-state index contributed by atoms with van der Waals surface area (Å²) in [6.07, 6.45) is 8.22. The molecule has 1 aliphatic rings. The number of aromatic nitrogens is 1. The molecule has 36 heavy (non-hydrogen) atoms. The number of carbonyl (C=O) groups excluding carboxylic acids is 1. The minimum atomic E-state index is -0.431. The van der Waals surface area contributed by atoms with Gasteiger partial charge in [0.2, 0.25) is 0 Å². The highest BCUT2D eigenvalue weighted by molar-refractivity contribution is 5.99. The van der Waals surface area contributed by atoms with Crippen LogP contribution in [-0.4, -0.2) is 29.7 Å². The number of anilines is 1. The van der Waals surface area contributed by atoms with Crippen molar-refractivity contribution in [2.24, 2.45) is 5.92 Å². The van der Waals surface area contributed by atoms with Crippen LogP contribution in [-0.2, 0) is 9.53 Å². The van der Waals surface area contributed by atoms with Crippen LogP contribution in [0.3, 0.4) is 0 Å². The summed E-state index contributed by atoms with van der Waals surface area (Å²) in [7, 11) is 1.70. The van der Waals surface area contributed by atoms with Gasteiger partial charge in [0.05, 0.1) is 12.8 Å². The van der Waals surface area contributed by atoms with Crippen LogP contribution in [0, 0.1) is 5.92 Å². The zero-order chi connectivity index (χ0) is 25.3. The summed E-state index contributed by atoms with van der Waals surface area (Å²) in [5.41, 5.74) is 2.35. The Hall–Kier alpha value is -3.54. The van der Waals surface area contributed by atoms with Crippen LogP contribution >= 0.6 is 0 Å². The summed E-state index contributed by atoms with van der Waals surface area (Å²) < 4.78 is 17.4. The summed E-state index contributed by atoms with van der Waals surface area (Å²) >= 11 is 0. The minimum Gasteiger partial charge on any atom is -0.495 e. The Kier molecular flexibility index (Phi) is 6.61. The number of para-hydroxylation sites is 1. The lowest BCUT2D eigenvalue weighted by atomic mass is 9.84. The number of ether oxygens (including phenoxy) is 2. The van der Waals surface area contributed by atoms with Crippen molar-refractivity contribution in [2.75, 3.05) is 12.4 Å². The summed E-state index contributed by atoms with van der Waals surface area (Å²) in [6.45, 7) is 5.75. The highest BCUT2D eigenvalue weighted by atomic mass is 16.6. The van der Waals surface area contributed by atoms with Gasteiger partial charge in [-0.3, -0.25) is 9.78 Å². The number of furan rings is 1. The molecule has 0 unspecified atom stereocenters. The van der Waals surface area contributed by atoms with E-state index in [9.17, 15) is 4.79 Å². The molecule has 1 N–H and O–H groups in total. The quantitative estimate of drug-likeness (QED) is 0.287. The first-order chi connectivity index (χ1) is 17.3. The predicted molar refractivity (Wildman–Crippen MR) is 143 cm³/mol. The van der Waals surface area contributed by atoms with E-state index in [1.807, 2.05) is 57.4 Å². The molecule has 0 saturated heterocycles. The number of nitrogens with one attached hydrogen (secondary N) is 1. The van der Waals surface area contributed by atoms with Gasteiger partial charge in [-0.2, -0.15) is 0 Å². The number of nitrogens with zero attached hydrogens (tertiary/aromatic N) is 1. The van der Waals surface area contributed by atoms with Crippen molar-refractivity contribution in [1.82, 2.24) is 4.98 Å². The highest BCUT2D eigenvalue weighted by Crippen LogP contribution is 2.38. The summed E-state index contributed by atoms with van der Waals surface area (Å²) in [4.78, 5) is 16.7. The van der Waals surface area contributed by atoms with Crippen LogP contribution in [0.1, 0.15) is 52.9 Å². The van der Waals surface area contributed by atoms with Crippen molar-refractivity contribution in [2.45, 2.75) is 64.5 Å². The van der Waals surface area contributed by atoms with E-state index in [1.165, 1.54) is 0 Å². The van der Waals surface area contributed by atoms with Crippen LogP contribution < -0.4 is 10.1 Å². The van der Waals surface area contributed by atoms with Crippen LogP contribution in [0.4, 0.5) is 5.69 Å². The first-order valence-electron chi connectivity index (χ1n) is 12.7. The summed E-state index contributed by atoms with van der Waals surface area (Å²) in [5.74, 6) is 1.87. The van der Waals surface area contributed by atoms with Crippen LogP contribution in [0.25, 0.3) is 33.1 Å². The number of carbonyl (C=O) groups is 1. The van der Waals surface area contributed by atoms with Gasteiger partial charge in [0, 0.05) is 41.2 Å². The number of fused-ring (bicyclic) bond motifs is 2. The topological polar surface area (TPSA) is 73.6 Å². The van der Waals surface area contributed by atoms with E-state index in [4.69, 9.17) is 13.9 Å². The maximum Gasteiger partial charge on any atom is 0.306 e. The smallest absolute Gasteiger partial charge is 0.306 e. The molecule has 0 spiro atoms. The van der Waals surface area contributed by atoms with Crippen molar-refractivity contribution in [3.05, 3.63) is 54.9 Å². The van der Waals surface area contributed by atoms with E-state index in [1.54, 1.807) is 7.11 Å². The summed E-state index contributed by atoms with van der Waals surface area (Å²) in [5, 5.41) is 6.84. The molecule has 2 aromatic carbocycles. The van der Waals surface area contributed by atoms with Crippen molar-refractivity contribution < 1.29 is 18.7 Å². The second-order valence-corrected chi connectivity index (χ2v) is 10.8. The second kappa shape index (κ2) is 9.84. The molecule has 2 aromatic heterocycles. The van der Waals surface area contributed by atoms with E-state index in [2.05, 4.69) is 28.5 Å². The minimum absolute atomic E-state index is 0.0955. The van der Waals surface area contributed by atoms with Crippen LogP contribution in [0.2, 0.25) is 0 Å². The SMILES string of the molecule is COc1cc2cncc(-c3cc4ccccc4o3)c2cc1NC1CCC(CC(=O)OC(C)(C)C)CC1. The average molecular weight is 487 g/mol. The van der Waals surface area contributed by atoms with Crippen LogP contribution in [0.5, 0.6) is 5.75 Å². The number of pyridine rings is 1. The third-order valence-electron chi connectivity index (χ3n) is 6.85. The fraction of sp³-hybridized carbons (Fsp3) is 0.400. The van der Waals surface area contributed by atoms with E-state index in [-0.39, 0.29) is 5.97 Å². The molecule has 0 atom stereocenters. The molecular formula is C30H34N2O4. The predicted octanol–water partition coefficient (Wildman–Crippen LogP) is 7.36. The van der Waals surface area contributed by atoms with Gasteiger partial charge >= 0.3 is 5.97 Å². The zero-order valence-electron chi connectivity index (χ0n) is 21.5. The summed E-state index contributed by atoms with van der Waals surface area (Å²) in [6, 6.07) is 14.6. The van der Waals surface area contributed by atoms with Gasteiger partial charge in [-0.05, 0) is 82.0 Å². The zero-order valence-corrected chi connectivity index (χ0v) is 21.5. The van der Waals surface area contributed by atoms with Crippen molar-refractivity contribution in [3.8, 4) is 17.1 Å². The number of benzene rings is 2. The van der Waals surface area contributed by atoms with Crippen molar-refractivity contribution in [1.29, 1.82) is 0 Å². The molecule has 1 saturated carbocycles. The number of hydrogen-bond donors (Lipinski definition) is 1. The lowest BCUT2D eigenvalue weighted by molar-refractivity contribution is -0.156. The van der Waals surface area contributed by atoms with E-state index in [0.717, 1.165) is 70.2 Å². The van der Waals surface area contributed by atoms with Gasteiger partial charge in [0.15, 0.2) is 0 Å². The van der Waals surface area contributed by atoms with Gasteiger partial charge in [0.25, 0.3) is 0 Å². The van der Waals surface area contributed by atoms with Gasteiger partial charge in [-0.25, -0.2) is 0 Å². The molecule has 5 rings (SSSR count). The fourth-order valence-corrected chi connectivity index (χ4v) is 5.14. The Morgan fingerprint density at radius 3 is 2.56 bits per heavy atom. The molecule has 4 aromatic rings. The molecule has 0 aliphatic heterocycles. The maximum absolute atomic E-state index is 12.2. The first kappa shape index (κ1) is 24.2. The Morgan fingerprint density at radius 1 is 1.06 bits per heavy atom. The molecule has 6 heteroatoms. The van der Waals surface area contributed by atoms with Gasteiger partial charge in [-0.1, -0.05) is 18.2 Å². The lowest BCUT2D eigenvalue weighted by Crippen LogP contribution is -2.29. The molecule has 1 aliphatic carbocycles. The average Bonchev–Trinajstić information content (AvgIpc) is 3.27. The third kappa shape index (κ3) is 5.32. The Bertz CT molecular complexity index is 1340. The van der Waals surface area contributed by atoms with Gasteiger partial charge < -0.3 is 19.2 Å². The largest absolute Gasteiger partial charge is 0.495 e. The molecule has 2 heterocycles. The molecule has 0 bridgehead atoms. The van der Waals surface area contributed by atoms with E-state index < -0.39 is 5.60 Å². The number of rotatable bonds is 6. The van der Waals surface area contributed by atoms with Crippen molar-refractivity contribution >= 4 is 33.4 Å². The fourth-order valence-electron chi connectivity index (χ4n) is 5.14. The van der Waals surface area contributed by atoms with Gasteiger partial charge in [-0.15, -0.1) is 0 Å². The van der Waals surface area contributed by atoms with Crippen molar-refractivity contribution in [3.63, 3.8) is 0 Å². The number of hydrogen-bond acceptors (Lipinski definition) is 6. The monoisotopic (exact) mass is 486 g/mol. The third-order valence-corrected chi connectivity index (χ3v) is 6.85. The molecular weight excluding hydrogens is 452 g/mol. The lowest BCUT2D eigenvalue weighted by Gasteiger charge is -2.30. The molecule has 188 valence electrons. The Labute approximate surface area is 212 Å². The maximum atomic E-state index is 12.2. The van der Waals surface area contributed by atoms with E-state index >= 15 is 0 Å². The van der Waals surface area contributed by atoms with E-state index in [0.29, 0.717) is 18.4 Å². The van der Waals surface area contributed by atoms with Gasteiger partial charge in [0.1, 0.15) is 22.7 Å². The first-order valence-corrected chi connectivity index (χ1v) is 12.7. The van der Waals surface area contributed by atoms with Crippen LogP contribution in [0.15, 0.2) is 59.3 Å². The number of esters is 1. The molecule has 0 amide bonds. The Morgan fingerprint density at radius 2 is 1.83 bits per heavy atom. The highest BCUT2D eigenvalue weighted by Gasteiger charge is 2.26. The standard InChI is InChI=1S/C30H34N2O4/c1-30(2,3)36-29(33)13-19-9-11-22(12-10-19)32-25-16-23-21(15-28(25)34-4)17-31-18-24(23)27-14-20-7-5-6-8-26(20)35-27/h5-8,14-19,22,32H,9-13H2,1-4H3. The Balaban J connectivity index is 1.34. The molecule has 0 radical (unpaired) electrons. The molecule has 1 fully saturated rings. The molecule has 6 nitrogen and oxygen atoms in total. The second-order valence-electron chi connectivity index (χ2n) is 10.8. The number of methoxy groups -OCH3 is 1.